The number of alkyl halides is 2. The van der Waals surface area contributed by atoms with Crippen LogP contribution in [-0.4, -0.2) is 46.6 Å². The van der Waals surface area contributed by atoms with Gasteiger partial charge in [0.2, 0.25) is 5.91 Å². The Morgan fingerprint density at radius 2 is 1.91 bits per heavy atom. The van der Waals surface area contributed by atoms with Gasteiger partial charge in [0.25, 0.3) is 11.1 Å². The van der Waals surface area contributed by atoms with Crippen LogP contribution in [0.15, 0.2) is 53.4 Å². The fraction of sp³-hybridized carbons (Fsp3) is 0.217. The molecule has 34 heavy (non-hydrogen) atoms. The number of carbonyl (C=O) groups excluding carboxylic acids is 3. The summed E-state index contributed by atoms with van der Waals surface area (Å²) in [5, 5.41) is 3.17. The van der Waals surface area contributed by atoms with E-state index in [9.17, 15) is 23.2 Å². The number of hydrogen-bond donors (Lipinski definition) is 1. The predicted octanol–water partition coefficient (Wildman–Crippen LogP) is 4.68. The van der Waals surface area contributed by atoms with Gasteiger partial charge in [-0.25, -0.2) is 4.98 Å². The maximum Gasteiger partial charge on any atom is 0.387 e. The van der Waals surface area contributed by atoms with Gasteiger partial charge in [-0.15, -0.1) is 11.3 Å². The number of thiazole rings is 1. The summed E-state index contributed by atoms with van der Waals surface area (Å²) in [5.41, 5.74) is 1.48. The van der Waals surface area contributed by atoms with Gasteiger partial charge in [-0.1, -0.05) is 24.3 Å². The van der Waals surface area contributed by atoms with E-state index in [1.807, 2.05) is 24.3 Å². The molecule has 0 bridgehead atoms. The van der Waals surface area contributed by atoms with Gasteiger partial charge in [0.1, 0.15) is 5.75 Å². The molecule has 1 aliphatic rings. The van der Waals surface area contributed by atoms with Crippen molar-refractivity contribution in [2.45, 2.75) is 19.5 Å². The number of para-hydroxylation sites is 1. The molecule has 2 aromatic carbocycles. The van der Waals surface area contributed by atoms with E-state index in [1.165, 1.54) is 30.3 Å². The summed E-state index contributed by atoms with van der Waals surface area (Å²) in [6.45, 7) is -2.73. The number of carbonyl (C=O) groups is 3. The molecule has 11 heteroatoms. The molecule has 0 atom stereocenters. The molecule has 1 aliphatic heterocycles. The zero-order valence-corrected chi connectivity index (χ0v) is 19.3. The van der Waals surface area contributed by atoms with Gasteiger partial charge in [0.15, 0.2) is 0 Å². The first-order chi connectivity index (χ1) is 16.4. The van der Waals surface area contributed by atoms with Crippen molar-refractivity contribution in [2.75, 3.05) is 13.1 Å². The quantitative estimate of drug-likeness (QED) is 0.427. The Kier molecular flexibility index (Phi) is 7.53. The minimum absolute atomic E-state index is 0.000805. The Labute approximate surface area is 201 Å². The van der Waals surface area contributed by atoms with Crippen LogP contribution in [0.3, 0.4) is 0 Å². The molecule has 1 saturated heterocycles. The zero-order chi connectivity index (χ0) is 24.1. The minimum Gasteiger partial charge on any atom is -0.435 e. The van der Waals surface area contributed by atoms with Crippen LogP contribution in [0.25, 0.3) is 16.3 Å². The molecule has 0 aliphatic carbocycles. The first-order valence-corrected chi connectivity index (χ1v) is 11.9. The number of halogens is 2. The molecular formula is C23H19F2N3O4S2. The van der Waals surface area contributed by atoms with Crippen LogP contribution in [0.1, 0.15) is 17.0 Å². The Morgan fingerprint density at radius 3 is 2.65 bits per heavy atom. The van der Waals surface area contributed by atoms with Crippen molar-refractivity contribution in [3.8, 4) is 5.75 Å². The fourth-order valence-corrected chi connectivity index (χ4v) is 5.06. The lowest BCUT2D eigenvalue weighted by molar-refractivity contribution is -0.124. The number of hydrogen-bond acceptors (Lipinski definition) is 7. The van der Waals surface area contributed by atoms with E-state index >= 15 is 0 Å². The number of ether oxygens (including phenoxy) is 1. The van der Waals surface area contributed by atoms with Crippen molar-refractivity contribution < 1.29 is 27.9 Å². The Bertz CT molecular complexity index is 1210. The van der Waals surface area contributed by atoms with Gasteiger partial charge in [-0.2, -0.15) is 8.78 Å². The highest BCUT2D eigenvalue weighted by Gasteiger charge is 2.34. The van der Waals surface area contributed by atoms with Crippen LogP contribution >= 0.6 is 23.1 Å². The third-order valence-electron chi connectivity index (χ3n) is 4.84. The zero-order valence-electron chi connectivity index (χ0n) is 17.7. The Morgan fingerprint density at radius 1 is 1.15 bits per heavy atom. The standard InChI is InChI=1S/C23H19F2N3O4S2/c24-22(25)32-15-7-5-14(6-8-15)13-18-21(30)28(23(31)34-18)12-11-26-19(29)9-10-20-27-16-3-1-2-4-17(16)33-20/h1-8,13,22H,9-12H2,(H,26,29)/b18-13+. The number of thioether (sulfide) groups is 1. The molecule has 0 spiro atoms. The number of benzene rings is 2. The van der Waals surface area contributed by atoms with Gasteiger partial charge in [-0.3, -0.25) is 19.3 Å². The Balaban J connectivity index is 1.25. The predicted molar refractivity (Wildman–Crippen MR) is 127 cm³/mol. The number of fused-ring (bicyclic) bond motifs is 1. The molecule has 0 saturated carbocycles. The summed E-state index contributed by atoms with van der Waals surface area (Å²) < 4.78 is 29.9. The molecule has 3 aromatic rings. The van der Waals surface area contributed by atoms with Crippen molar-refractivity contribution in [1.29, 1.82) is 0 Å². The number of amides is 3. The topological polar surface area (TPSA) is 88.6 Å². The third kappa shape index (κ3) is 5.97. The molecule has 0 unspecified atom stereocenters. The maximum atomic E-state index is 12.6. The lowest BCUT2D eigenvalue weighted by Crippen LogP contribution is -2.37. The molecular weight excluding hydrogens is 484 g/mol. The smallest absolute Gasteiger partial charge is 0.387 e. The highest BCUT2D eigenvalue weighted by Crippen LogP contribution is 2.32. The second-order valence-corrected chi connectivity index (χ2v) is 9.31. The fourth-order valence-electron chi connectivity index (χ4n) is 3.23. The van der Waals surface area contributed by atoms with Gasteiger partial charge < -0.3 is 10.1 Å². The van der Waals surface area contributed by atoms with Crippen molar-refractivity contribution >= 4 is 56.4 Å². The molecule has 1 fully saturated rings. The summed E-state index contributed by atoms with van der Waals surface area (Å²) in [4.78, 5) is 42.8. The number of nitrogens with one attached hydrogen (secondary N) is 1. The Hall–Kier alpha value is -3.31. The van der Waals surface area contributed by atoms with Crippen LogP contribution in [0.4, 0.5) is 13.6 Å². The summed E-state index contributed by atoms with van der Waals surface area (Å²) in [6.07, 6.45) is 2.27. The molecule has 4 rings (SSSR count). The molecule has 3 amide bonds. The van der Waals surface area contributed by atoms with E-state index in [2.05, 4.69) is 15.0 Å². The summed E-state index contributed by atoms with van der Waals surface area (Å²) in [7, 11) is 0. The van der Waals surface area contributed by atoms with Gasteiger partial charge in [-0.05, 0) is 47.7 Å². The molecule has 1 aromatic heterocycles. The maximum absolute atomic E-state index is 12.6. The van der Waals surface area contributed by atoms with Gasteiger partial charge in [0.05, 0.1) is 20.1 Å². The third-order valence-corrected chi connectivity index (χ3v) is 6.84. The molecule has 1 N–H and O–H groups in total. The normalized spacial score (nSPS) is 15.0. The van der Waals surface area contributed by atoms with E-state index < -0.39 is 17.8 Å². The monoisotopic (exact) mass is 503 g/mol. The van der Waals surface area contributed by atoms with Crippen LogP contribution in [0, 0.1) is 0 Å². The largest absolute Gasteiger partial charge is 0.435 e. The van der Waals surface area contributed by atoms with Crippen molar-refractivity contribution in [3.63, 3.8) is 0 Å². The second-order valence-electron chi connectivity index (χ2n) is 7.21. The van der Waals surface area contributed by atoms with Crippen LogP contribution in [0.5, 0.6) is 5.75 Å². The SMILES string of the molecule is O=C(CCc1nc2ccccc2s1)NCCN1C(=O)S/C(=C/c2ccc(OC(F)F)cc2)C1=O. The van der Waals surface area contributed by atoms with Crippen LogP contribution in [0.2, 0.25) is 0 Å². The number of nitrogens with zero attached hydrogens (tertiary/aromatic N) is 2. The van der Waals surface area contributed by atoms with E-state index in [0.717, 1.165) is 31.9 Å². The first-order valence-electron chi connectivity index (χ1n) is 10.3. The van der Waals surface area contributed by atoms with Gasteiger partial charge >= 0.3 is 6.61 Å². The molecule has 7 nitrogen and oxygen atoms in total. The number of aromatic nitrogens is 1. The van der Waals surface area contributed by atoms with Crippen molar-refractivity contribution in [2.24, 2.45) is 0 Å². The number of rotatable bonds is 9. The molecule has 0 radical (unpaired) electrons. The minimum atomic E-state index is -2.92. The van der Waals surface area contributed by atoms with Gasteiger partial charge in [0, 0.05) is 25.9 Å². The van der Waals surface area contributed by atoms with Crippen LogP contribution < -0.4 is 10.1 Å². The summed E-state index contributed by atoms with van der Waals surface area (Å²) in [6, 6.07) is 13.5. The first kappa shape index (κ1) is 23.8. The highest BCUT2D eigenvalue weighted by molar-refractivity contribution is 8.18. The highest BCUT2D eigenvalue weighted by atomic mass is 32.2. The molecule has 2 heterocycles. The second kappa shape index (κ2) is 10.7. The van der Waals surface area contributed by atoms with E-state index in [0.29, 0.717) is 12.0 Å². The molecule has 176 valence electrons. The van der Waals surface area contributed by atoms with E-state index in [-0.39, 0.29) is 36.1 Å². The summed E-state index contributed by atoms with van der Waals surface area (Å²) >= 11 is 2.34. The summed E-state index contributed by atoms with van der Waals surface area (Å²) in [5.74, 6) is -0.654. The van der Waals surface area contributed by atoms with E-state index in [1.54, 1.807) is 11.3 Å². The van der Waals surface area contributed by atoms with Crippen molar-refractivity contribution in [3.05, 3.63) is 64.0 Å². The lowest BCUT2D eigenvalue weighted by atomic mass is 10.2. The van der Waals surface area contributed by atoms with Crippen molar-refractivity contribution in [1.82, 2.24) is 15.2 Å². The van der Waals surface area contributed by atoms with Crippen LogP contribution in [-0.2, 0) is 16.0 Å². The number of imide groups is 1. The average molecular weight is 504 g/mol. The number of aryl methyl sites for hydroxylation is 1. The average Bonchev–Trinajstić information content (AvgIpc) is 3.34. The lowest BCUT2D eigenvalue weighted by Gasteiger charge is -2.12. The van der Waals surface area contributed by atoms with E-state index in [4.69, 9.17) is 0 Å².